The topological polar surface area (TPSA) is 34.4 Å². The summed E-state index contributed by atoms with van der Waals surface area (Å²) in [6.45, 7) is 1.85. The zero-order valence-electron chi connectivity index (χ0n) is 12.2. The molecule has 3 aromatic rings. The number of thiazole rings is 1. The number of hydrogen-bond donors (Lipinski definition) is 0. The Morgan fingerprint density at radius 1 is 1.09 bits per heavy atom. The van der Waals surface area contributed by atoms with E-state index in [0.29, 0.717) is 16.1 Å². The number of hydrogen-bond acceptors (Lipinski definition) is 2. The number of carbonyl (C=O) groups is 1. The van der Waals surface area contributed by atoms with Crippen LogP contribution in [0.15, 0.2) is 58.9 Å². The first kappa shape index (κ1) is 15.3. The summed E-state index contributed by atoms with van der Waals surface area (Å²) in [7, 11) is 0. The van der Waals surface area contributed by atoms with Gasteiger partial charge in [-0.2, -0.15) is 4.99 Å². The van der Waals surface area contributed by atoms with Crippen LogP contribution in [0.1, 0.15) is 16.1 Å². The molecule has 0 saturated carbocycles. The Hall–Kier alpha value is -2.60. The smallest absolute Gasteiger partial charge is 0.279 e. The van der Waals surface area contributed by atoms with Crippen molar-refractivity contribution in [3.05, 3.63) is 81.6 Å². The minimum atomic E-state index is -0.475. The van der Waals surface area contributed by atoms with E-state index in [4.69, 9.17) is 0 Å². The summed E-state index contributed by atoms with van der Waals surface area (Å²) < 4.78 is 28.1. The first-order chi connectivity index (χ1) is 11.0. The molecule has 0 fully saturated rings. The highest BCUT2D eigenvalue weighted by molar-refractivity contribution is 7.07. The molecule has 0 aliphatic carbocycles. The van der Waals surface area contributed by atoms with Crippen LogP contribution in [-0.4, -0.2) is 10.5 Å². The molecule has 23 heavy (non-hydrogen) atoms. The molecule has 6 heteroatoms. The van der Waals surface area contributed by atoms with Gasteiger partial charge in [-0.3, -0.25) is 9.36 Å². The van der Waals surface area contributed by atoms with Gasteiger partial charge in [0.2, 0.25) is 0 Å². The fraction of sp³-hybridized carbons (Fsp3) is 0.0588. The van der Waals surface area contributed by atoms with Crippen LogP contribution in [0.25, 0.3) is 5.69 Å². The lowest BCUT2D eigenvalue weighted by Gasteiger charge is -2.05. The van der Waals surface area contributed by atoms with Gasteiger partial charge in [-0.05, 0) is 49.4 Å². The summed E-state index contributed by atoms with van der Waals surface area (Å²) in [5, 5.41) is 1.83. The third-order valence-electron chi connectivity index (χ3n) is 3.23. The van der Waals surface area contributed by atoms with E-state index in [0.717, 1.165) is 5.69 Å². The van der Waals surface area contributed by atoms with Crippen molar-refractivity contribution in [1.29, 1.82) is 0 Å². The molecule has 3 nitrogen and oxygen atoms in total. The second-order valence-corrected chi connectivity index (χ2v) is 5.74. The first-order valence-corrected chi connectivity index (χ1v) is 7.70. The average Bonchev–Trinajstić information content (AvgIpc) is 2.88. The normalized spacial score (nSPS) is 11.7. The van der Waals surface area contributed by atoms with E-state index in [9.17, 15) is 13.6 Å². The number of benzene rings is 2. The standard InChI is InChI=1S/C17H12F2N2OS/c1-11-10-23-17(21(11)15-4-2-3-14(19)9-15)20-16(22)12-5-7-13(18)8-6-12/h2-10H,1H3. The lowest BCUT2D eigenvalue weighted by atomic mass is 10.2. The molecule has 0 radical (unpaired) electrons. The fourth-order valence-electron chi connectivity index (χ4n) is 2.14. The molecule has 1 aromatic heterocycles. The van der Waals surface area contributed by atoms with Crippen molar-refractivity contribution in [2.75, 3.05) is 0 Å². The van der Waals surface area contributed by atoms with E-state index in [1.54, 1.807) is 16.7 Å². The molecule has 1 heterocycles. The number of halogens is 2. The van der Waals surface area contributed by atoms with Crippen molar-refractivity contribution in [2.24, 2.45) is 4.99 Å². The molecule has 116 valence electrons. The predicted molar refractivity (Wildman–Crippen MR) is 84.6 cm³/mol. The van der Waals surface area contributed by atoms with Crippen LogP contribution in [0.2, 0.25) is 0 Å². The molecule has 0 spiro atoms. The van der Waals surface area contributed by atoms with E-state index in [-0.39, 0.29) is 5.82 Å². The van der Waals surface area contributed by atoms with Gasteiger partial charge in [-0.1, -0.05) is 6.07 Å². The maximum absolute atomic E-state index is 13.4. The van der Waals surface area contributed by atoms with Gasteiger partial charge in [0, 0.05) is 16.6 Å². The van der Waals surface area contributed by atoms with Crippen LogP contribution in [-0.2, 0) is 0 Å². The number of rotatable bonds is 2. The molecular formula is C17H12F2N2OS. The van der Waals surface area contributed by atoms with Crippen LogP contribution in [0, 0.1) is 18.6 Å². The zero-order chi connectivity index (χ0) is 16.4. The van der Waals surface area contributed by atoms with Crippen molar-refractivity contribution in [3.63, 3.8) is 0 Å². The van der Waals surface area contributed by atoms with Crippen molar-refractivity contribution in [3.8, 4) is 5.69 Å². The molecule has 3 rings (SSSR count). The van der Waals surface area contributed by atoms with Crippen LogP contribution in [0.3, 0.4) is 0 Å². The average molecular weight is 330 g/mol. The zero-order valence-corrected chi connectivity index (χ0v) is 13.0. The highest BCUT2D eigenvalue weighted by atomic mass is 32.1. The minimum Gasteiger partial charge on any atom is -0.290 e. The number of carbonyl (C=O) groups excluding carboxylic acids is 1. The summed E-state index contributed by atoms with van der Waals surface area (Å²) in [5.74, 6) is -1.25. The van der Waals surface area contributed by atoms with E-state index in [1.807, 2.05) is 12.3 Å². The van der Waals surface area contributed by atoms with Gasteiger partial charge in [0.15, 0.2) is 4.80 Å². The van der Waals surface area contributed by atoms with Crippen molar-refractivity contribution < 1.29 is 13.6 Å². The van der Waals surface area contributed by atoms with E-state index >= 15 is 0 Å². The Balaban J connectivity index is 2.07. The molecule has 2 aromatic carbocycles. The van der Waals surface area contributed by atoms with Crippen LogP contribution < -0.4 is 4.80 Å². The summed E-state index contributed by atoms with van der Waals surface area (Å²) in [6.07, 6.45) is 0. The molecule has 0 aliphatic rings. The second kappa shape index (κ2) is 6.26. The molecule has 0 bridgehead atoms. The maximum atomic E-state index is 13.4. The highest BCUT2D eigenvalue weighted by Crippen LogP contribution is 2.13. The van der Waals surface area contributed by atoms with Gasteiger partial charge in [0.25, 0.3) is 5.91 Å². The Bertz CT molecular complexity index is 926. The van der Waals surface area contributed by atoms with E-state index < -0.39 is 11.7 Å². The summed E-state index contributed by atoms with van der Waals surface area (Å²) in [6, 6.07) is 11.3. The third kappa shape index (κ3) is 3.27. The first-order valence-electron chi connectivity index (χ1n) is 6.82. The van der Waals surface area contributed by atoms with E-state index in [2.05, 4.69) is 4.99 Å². The van der Waals surface area contributed by atoms with Crippen LogP contribution in [0.5, 0.6) is 0 Å². The monoisotopic (exact) mass is 330 g/mol. The van der Waals surface area contributed by atoms with Crippen molar-refractivity contribution in [1.82, 2.24) is 4.57 Å². The van der Waals surface area contributed by atoms with Crippen molar-refractivity contribution >= 4 is 17.2 Å². The molecule has 1 amide bonds. The van der Waals surface area contributed by atoms with Gasteiger partial charge in [-0.15, -0.1) is 11.3 Å². The van der Waals surface area contributed by atoms with Crippen LogP contribution >= 0.6 is 11.3 Å². The highest BCUT2D eigenvalue weighted by Gasteiger charge is 2.09. The summed E-state index contributed by atoms with van der Waals surface area (Å²) in [5.41, 5.74) is 1.73. The lowest BCUT2D eigenvalue weighted by Crippen LogP contribution is -2.16. The SMILES string of the molecule is Cc1csc(=NC(=O)c2ccc(F)cc2)n1-c1cccc(F)c1. The molecule has 0 aliphatic heterocycles. The number of aryl methyl sites for hydroxylation is 1. The molecule has 0 unspecified atom stereocenters. The summed E-state index contributed by atoms with van der Waals surface area (Å²) >= 11 is 1.28. The van der Waals surface area contributed by atoms with Gasteiger partial charge in [0.1, 0.15) is 11.6 Å². The largest absolute Gasteiger partial charge is 0.290 e. The van der Waals surface area contributed by atoms with Gasteiger partial charge >= 0.3 is 0 Å². The predicted octanol–water partition coefficient (Wildman–Crippen LogP) is 3.87. The minimum absolute atomic E-state index is 0.295. The van der Waals surface area contributed by atoms with E-state index in [1.165, 1.54) is 47.7 Å². The third-order valence-corrected chi connectivity index (χ3v) is 4.18. The molecule has 0 saturated heterocycles. The number of amides is 1. The van der Waals surface area contributed by atoms with Gasteiger partial charge in [0.05, 0.1) is 5.69 Å². The quantitative estimate of drug-likeness (QED) is 0.702. The Morgan fingerprint density at radius 3 is 2.52 bits per heavy atom. The lowest BCUT2D eigenvalue weighted by molar-refractivity contribution is 0.0998. The van der Waals surface area contributed by atoms with Crippen molar-refractivity contribution in [2.45, 2.75) is 6.92 Å². The van der Waals surface area contributed by atoms with Gasteiger partial charge in [-0.25, -0.2) is 8.78 Å². The fourth-order valence-corrected chi connectivity index (χ4v) is 3.02. The number of nitrogens with zero attached hydrogens (tertiary/aromatic N) is 2. The maximum Gasteiger partial charge on any atom is 0.279 e. The Kier molecular flexibility index (Phi) is 4.16. The number of aromatic nitrogens is 1. The second-order valence-electron chi connectivity index (χ2n) is 4.90. The molecule has 0 N–H and O–H groups in total. The summed E-state index contributed by atoms with van der Waals surface area (Å²) in [4.78, 5) is 16.7. The molecule has 0 atom stereocenters. The Labute approximate surface area is 135 Å². The van der Waals surface area contributed by atoms with Crippen LogP contribution in [0.4, 0.5) is 8.78 Å². The molecular weight excluding hydrogens is 318 g/mol. The van der Waals surface area contributed by atoms with Gasteiger partial charge < -0.3 is 0 Å². The Morgan fingerprint density at radius 2 is 1.83 bits per heavy atom.